The average molecular weight is 481 g/mol. The quantitative estimate of drug-likeness (QED) is 0.510. The number of nitrogens with zero attached hydrogens (tertiary/aromatic N) is 2. The highest BCUT2D eigenvalue weighted by Crippen LogP contribution is 2.53. The van der Waals surface area contributed by atoms with Crippen LogP contribution in [0.15, 0.2) is 54.6 Å². The molecule has 0 saturated carbocycles. The Bertz CT molecular complexity index is 1020. The second-order valence-corrected chi connectivity index (χ2v) is 9.65. The van der Waals surface area contributed by atoms with Gasteiger partial charge in [-0.2, -0.15) is 0 Å². The molecule has 4 aliphatic heterocycles. The zero-order chi connectivity index (χ0) is 24.4. The van der Waals surface area contributed by atoms with Gasteiger partial charge in [0.15, 0.2) is 0 Å². The number of carbonyl (C=O) groups excluding carboxylic acids is 3. The molecule has 5 atom stereocenters. The molecule has 1 aromatic rings. The van der Waals surface area contributed by atoms with E-state index in [0.29, 0.717) is 26.1 Å². The maximum atomic E-state index is 14.0. The Kier molecular flexibility index (Phi) is 6.75. The van der Waals surface area contributed by atoms with E-state index in [4.69, 9.17) is 9.47 Å². The van der Waals surface area contributed by atoms with Crippen molar-refractivity contribution in [2.75, 3.05) is 26.3 Å². The van der Waals surface area contributed by atoms with Crippen molar-refractivity contribution in [1.82, 2.24) is 9.80 Å². The van der Waals surface area contributed by atoms with Crippen molar-refractivity contribution in [3.8, 4) is 0 Å². The Morgan fingerprint density at radius 2 is 1.89 bits per heavy atom. The van der Waals surface area contributed by atoms with Crippen molar-refractivity contribution >= 4 is 17.8 Å². The third-order valence-corrected chi connectivity index (χ3v) is 7.46. The third kappa shape index (κ3) is 4.19. The third-order valence-electron chi connectivity index (χ3n) is 7.46. The SMILES string of the molecule is O=C1OCCCC/C=C\[C@H]2O[C@]34C=CCN(Cc5ccccc5)C(=O)C3N(CCCO)C(=O)[C@@H]4[C@@H]12. The molecule has 0 aliphatic carbocycles. The molecule has 0 radical (unpaired) electrons. The summed E-state index contributed by atoms with van der Waals surface area (Å²) in [7, 11) is 0. The molecule has 2 saturated heterocycles. The van der Waals surface area contributed by atoms with Gasteiger partial charge in [-0.05, 0) is 31.2 Å². The first-order valence-electron chi connectivity index (χ1n) is 12.5. The number of allylic oxidation sites excluding steroid dienone is 1. The molecule has 35 heavy (non-hydrogen) atoms. The van der Waals surface area contributed by atoms with Crippen LogP contribution in [0, 0.1) is 11.8 Å². The summed E-state index contributed by atoms with van der Waals surface area (Å²) in [6.45, 7) is 1.19. The van der Waals surface area contributed by atoms with Crippen LogP contribution < -0.4 is 0 Å². The highest BCUT2D eigenvalue weighted by atomic mass is 16.6. The molecule has 186 valence electrons. The summed E-state index contributed by atoms with van der Waals surface area (Å²) in [6, 6.07) is 8.80. The second kappa shape index (κ2) is 9.95. The lowest BCUT2D eigenvalue weighted by atomic mass is 9.78. The Morgan fingerprint density at radius 3 is 2.69 bits per heavy atom. The number of carbonyl (C=O) groups is 3. The van der Waals surface area contributed by atoms with Gasteiger partial charge in [0.05, 0.1) is 18.6 Å². The summed E-state index contributed by atoms with van der Waals surface area (Å²) < 4.78 is 12.1. The van der Waals surface area contributed by atoms with Gasteiger partial charge < -0.3 is 24.4 Å². The maximum absolute atomic E-state index is 14.0. The number of hydrogen-bond donors (Lipinski definition) is 1. The summed E-state index contributed by atoms with van der Waals surface area (Å²) in [4.78, 5) is 44.3. The predicted molar refractivity (Wildman–Crippen MR) is 127 cm³/mol. The Hall–Kier alpha value is -2.97. The molecule has 1 N–H and O–H groups in total. The first kappa shape index (κ1) is 23.8. The molecular weight excluding hydrogens is 448 g/mol. The average Bonchev–Trinajstić information content (AvgIpc) is 3.25. The number of esters is 1. The van der Waals surface area contributed by atoms with Crippen LogP contribution in [-0.2, 0) is 30.4 Å². The van der Waals surface area contributed by atoms with E-state index >= 15 is 0 Å². The van der Waals surface area contributed by atoms with Crippen molar-refractivity contribution < 1.29 is 29.0 Å². The van der Waals surface area contributed by atoms with E-state index < -0.39 is 35.6 Å². The Balaban J connectivity index is 1.54. The first-order chi connectivity index (χ1) is 17.1. The monoisotopic (exact) mass is 480 g/mol. The van der Waals surface area contributed by atoms with Gasteiger partial charge in [0, 0.05) is 26.2 Å². The minimum Gasteiger partial charge on any atom is -0.465 e. The van der Waals surface area contributed by atoms with Gasteiger partial charge >= 0.3 is 5.97 Å². The number of aliphatic hydroxyl groups is 1. The molecule has 0 bridgehead atoms. The van der Waals surface area contributed by atoms with E-state index in [2.05, 4.69) is 0 Å². The highest BCUT2D eigenvalue weighted by molar-refractivity contribution is 5.99. The topological polar surface area (TPSA) is 96.4 Å². The van der Waals surface area contributed by atoms with Crippen LogP contribution in [0.4, 0.5) is 0 Å². The van der Waals surface area contributed by atoms with E-state index in [-0.39, 0.29) is 25.0 Å². The number of hydrogen-bond acceptors (Lipinski definition) is 6. The standard InChI is InChI=1S/C27H32N2O6/c30-16-9-15-29-23-25(32)28(18-19-10-4-3-5-11-19)14-8-13-27(23)22(24(29)31)21-20(35-27)12-6-1-2-7-17-34-26(21)33/h3-6,8,10-13,20-23,30H,1-2,7,9,14-18H2/b12-6-/t20-,21+,22+,23?,27+/m1/s1. The molecule has 0 aromatic heterocycles. The predicted octanol–water partition coefficient (Wildman–Crippen LogP) is 1.83. The molecule has 5 rings (SSSR count). The van der Waals surface area contributed by atoms with Crippen molar-refractivity contribution in [3.05, 3.63) is 60.2 Å². The number of aliphatic hydroxyl groups excluding tert-OH is 1. The zero-order valence-corrected chi connectivity index (χ0v) is 19.8. The normalized spacial score (nSPS) is 33.6. The molecule has 1 aromatic carbocycles. The van der Waals surface area contributed by atoms with Gasteiger partial charge in [0.1, 0.15) is 17.6 Å². The number of fused-ring (bicyclic) bond motifs is 2. The molecule has 1 unspecified atom stereocenters. The smallest absolute Gasteiger partial charge is 0.312 e. The molecule has 8 heteroatoms. The van der Waals surface area contributed by atoms with Crippen LogP contribution in [0.2, 0.25) is 0 Å². The fourth-order valence-electron chi connectivity index (χ4n) is 5.89. The summed E-state index contributed by atoms with van der Waals surface area (Å²) >= 11 is 0. The van der Waals surface area contributed by atoms with Gasteiger partial charge in [0.2, 0.25) is 11.8 Å². The highest BCUT2D eigenvalue weighted by Gasteiger charge is 2.71. The summed E-state index contributed by atoms with van der Waals surface area (Å²) in [6.07, 6.45) is 9.75. The van der Waals surface area contributed by atoms with Crippen LogP contribution in [-0.4, -0.2) is 76.7 Å². The van der Waals surface area contributed by atoms with Crippen LogP contribution in [0.25, 0.3) is 0 Å². The van der Waals surface area contributed by atoms with E-state index in [1.54, 1.807) is 4.90 Å². The lowest BCUT2D eigenvalue weighted by molar-refractivity contribution is -0.155. The van der Waals surface area contributed by atoms with Crippen molar-refractivity contribution in [1.29, 1.82) is 0 Å². The number of likely N-dealkylation sites (tertiary alicyclic amines) is 1. The number of amides is 2. The number of ether oxygens (including phenoxy) is 2. The summed E-state index contributed by atoms with van der Waals surface area (Å²) in [5.41, 5.74) is -0.275. The van der Waals surface area contributed by atoms with Crippen LogP contribution in [0.5, 0.6) is 0 Å². The lowest BCUT2D eigenvalue weighted by Gasteiger charge is -2.35. The maximum Gasteiger partial charge on any atom is 0.312 e. The van der Waals surface area contributed by atoms with Crippen molar-refractivity contribution in [3.63, 3.8) is 0 Å². The van der Waals surface area contributed by atoms with Crippen LogP contribution in [0.1, 0.15) is 31.2 Å². The molecule has 4 aliphatic rings. The Labute approximate surface area is 205 Å². The van der Waals surface area contributed by atoms with Crippen LogP contribution in [0.3, 0.4) is 0 Å². The van der Waals surface area contributed by atoms with E-state index in [1.165, 1.54) is 4.90 Å². The molecular formula is C27H32N2O6. The van der Waals surface area contributed by atoms with Gasteiger partial charge in [0.25, 0.3) is 0 Å². The fourth-order valence-corrected chi connectivity index (χ4v) is 5.89. The zero-order valence-electron chi connectivity index (χ0n) is 19.8. The molecule has 8 nitrogen and oxygen atoms in total. The van der Waals surface area contributed by atoms with E-state index in [1.807, 2.05) is 54.6 Å². The van der Waals surface area contributed by atoms with Crippen molar-refractivity contribution in [2.24, 2.45) is 11.8 Å². The van der Waals surface area contributed by atoms with Crippen molar-refractivity contribution in [2.45, 2.75) is 50.0 Å². The fraction of sp³-hybridized carbons (Fsp3) is 0.519. The van der Waals surface area contributed by atoms with Gasteiger partial charge in [-0.3, -0.25) is 14.4 Å². The molecule has 1 spiro atoms. The van der Waals surface area contributed by atoms with Gasteiger partial charge in [-0.1, -0.05) is 54.6 Å². The Morgan fingerprint density at radius 1 is 1.06 bits per heavy atom. The minimum absolute atomic E-state index is 0.108. The second-order valence-electron chi connectivity index (χ2n) is 9.65. The van der Waals surface area contributed by atoms with Gasteiger partial charge in [-0.25, -0.2) is 0 Å². The number of benzene rings is 1. The number of cyclic esters (lactones) is 1. The molecule has 2 fully saturated rings. The molecule has 4 heterocycles. The first-order valence-corrected chi connectivity index (χ1v) is 12.5. The minimum atomic E-state index is -1.26. The summed E-state index contributed by atoms with van der Waals surface area (Å²) in [5, 5.41) is 9.47. The van der Waals surface area contributed by atoms with Gasteiger partial charge in [-0.15, -0.1) is 0 Å². The van der Waals surface area contributed by atoms with E-state index in [9.17, 15) is 19.5 Å². The largest absolute Gasteiger partial charge is 0.465 e. The number of rotatable bonds is 5. The van der Waals surface area contributed by atoms with E-state index in [0.717, 1.165) is 24.8 Å². The summed E-state index contributed by atoms with van der Waals surface area (Å²) in [5.74, 6) is -2.64. The van der Waals surface area contributed by atoms with Crippen LogP contribution >= 0.6 is 0 Å². The molecule has 2 amide bonds. The lowest BCUT2D eigenvalue weighted by Crippen LogP contribution is -2.55.